The van der Waals surface area contributed by atoms with Crippen molar-refractivity contribution < 1.29 is 13.2 Å². The number of thioether (sulfide) groups is 1. The number of amides is 1. The molecule has 0 N–H and O–H groups in total. The number of nitrogens with zero attached hydrogens (tertiary/aromatic N) is 2. The zero-order valence-electron chi connectivity index (χ0n) is 13.5. The number of hydrogen-bond donors (Lipinski definition) is 0. The van der Waals surface area contributed by atoms with Gasteiger partial charge in [0.15, 0.2) is 15.0 Å². The molecule has 0 aromatic heterocycles. The topological polar surface area (TPSA) is 66.8 Å². The van der Waals surface area contributed by atoms with E-state index in [0.29, 0.717) is 16.6 Å². The van der Waals surface area contributed by atoms with Crippen molar-refractivity contribution in [2.45, 2.75) is 38.0 Å². The van der Waals surface area contributed by atoms with Gasteiger partial charge in [-0.05, 0) is 31.0 Å². The smallest absolute Gasteiger partial charge is 0.248 e. The van der Waals surface area contributed by atoms with Crippen molar-refractivity contribution in [2.24, 2.45) is 4.99 Å². The lowest BCUT2D eigenvalue weighted by Crippen LogP contribution is -2.38. The molecule has 2 heterocycles. The third kappa shape index (κ3) is 3.34. The number of sulfone groups is 1. The molecule has 1 amide bonds. The number of amidine groups is 1. The summed E-state index contributed by atoms with van der Waals surface area (Å²) in [7, 11) is -3.07. The molecular formula is C16H19ClN2O3S2. The lowest BCUT2D eigenvalue weighted by Gasteiger charge is -2.26. The van der Waals surface area contributed by atoms with Crippen LogP contribution in [-0.2, 0) is 14.6 Å². The van der Waals surface area contributed by atoms with E-state index in [-0.39, 0.29) is 28.7 Å². The predicted octanol–water partition coefficient (Wildman–Crippen LogP) is 3.05. The summed E-state index contributed by atoms with van der Waals surface area (Å²) in [5.74, 6) is 0.0318. The second kappa shape index (κ2) is 6.69. The molecule has 3 rings (SSSR count). The molecule has 2 fully saturated rings. The largest absolute Gasteiger partial charge is 0.315 e. The number of hydrogen-bond acceptors (Lipinski definition) is 4. The van der Waals surface area contributed by atoms with Crippen LogP contribution in [0.5, 0.6) is 0 Å². The molecular weight excluding hydrogens is 368 g/mol. The molecule has 2 atom stereocenters. The number of carbonyl (C=O) groups excluding carboxylic acids is 1. The highest BCUT2D eigenvalue weighted by Gasteiger charge is 2.49. The number of benzene rings is 1. The van der Waals surface area contributed by atoms with Crippen LogP contribution in [0.1, 0.15) is 25.3 Å². The molecule has 0 spiro atoms. The predicted molar refractivity (Wildman–Crippen MR) is 99.8 cm³/mol. The molecule has 0 unspecified atom stereocenters. The van der Waals surface area contributed by atoms with Crippen molar-refractivity contribution in [2.75, 3.05) is 16.4 Å². The van der Waals surface area contributed by atoms with Crippen molar-refractivity contribution in [3.63, 3.8) is 0 Å². The van der Waals surface area contributed by atoms with E-state index >= 15 is 0 Å². The summed E-state index contributed by atoms with van der Waals surface area (Å²) >= 11 is 7.62. The number of carbonyl (C=O) groups is 1. The van der Waals surface area contributed by atoms with Gasteiger partial charge in [-0.3, -0.25) is 4.79 Å². The summed E-state index contributed by atoms with van der Waals surface area (Å²) in [4.78, 5) is 18.2. The van der Waals surface area contributed by atoms with Gasteiger partial charge in [0.05, 0.1) is 17.5 Å². The molecule has 1 aromatic carbocycles. The van der Waals surface area contributed by atoms with Crippen molar-refractivity contribution in [3.8, 4) is 0 Å². The zero-order chi connectivity index (χ0) is 17.5. The first-order valence-corrected chi connectivity index (χ1v) is 10.9. The minimum Gasteiger partial charge on any atom is -0.315 e. The van der Waals surface area contributed by atoms with Crippen molar-refractivity contribution in [3.05, 3.63) is 28.8 Å². The summed E-state index contributed by atoms with van der Waals surface area (Å²) in [5, 5.41) is 1.10. The molecule has 130 valence electrons. The van der Waals surface area contributed by atoms with Crippen molar-refractivity contribution >= 4 is 50.0 Å². The van der Waals surface area contributed by atoms with Crippen LogP contribution in [0, 0.1) is 6.92 Å². The van der Waals surface area contributed by atoms with E-state index in [9.17, 15) is 13.2 Å². The van der Waals surface area contributed by atoms with Crippen molar-refractivity contribution in [1.29, 1.82) is 0 Å². The van der Waals surface area contributed by atoms with Gasteiger partial charge in [-0.1, -0.05) is 36.4 Å². The van der Waals surface area contributed by atoms with Gasteiger partial charge in [0.1, 0.15) is 0 Å². The van der Waals surface area contributed by atoms with Crippen LogP contribution in [0.15, 0.2) is 23.2 Å². The second-order valence-corrected chi connectivity index (χ2v) is 9.86. The molecule has 5 nitrogen and oxygen atoms in total. The van der Waals surface area contributed by atoms with E-state index in [1.165, 1.54) is 11.8 Å². The van der Waals surface area contributed by atoms with Gasteiger partial charge in [0.25, 0.3) is 0 Å². The SMILES string of the molecule is CCCC(=O)N=C1S[C@H]2CS(=O)(=O)C[C@H]2N1c1cccc(Cl)c1C. The Bertz CT molecular complexity index is 808. The average Bonchev–Trinajstić information content (AvgIpc) is 2.94. The summed E-state index contributed by atoms with van der Waals surface area (Å²) < 4.78 is 24.1. The molecule has 0 saturated carbocycles. The highest BCUT2D eigenvalue weighted by atomic mass is 35.5. The van der Waals surface area contributed by atoms with Crippen LogP contribution < -0.4 is 4.90 Å². The Morgan fingerprint density at radius 1 is 1.42 bits per heavy atom. The first-order chi connectivity index (χ1) is 11.3. The average molecular weight is 387 g/mol. The quantitative estimate of drug-likeness (QED) is 0.798. The molecule has 0 radical (unpaired) electrons. The van der Waals surface area contributed by atoms with Crippen LogP contribution >= 0.6 is 23.4 Å². The number of halogens is 1. The Kier molecular flexibility index (Phi) is 4.95. The van der Waals surface area contributed by atoms with E-state index in [4.69, 9.17) is 11.6 Å². The van der Waals surface area contributed by atoms with E-state index in [1.807, 2.05) is 30.9 Å². The Morgan fingerprint density at radius 3 is 2.88 bits per heavy atom. The molecule has 24 heavy (non-hydrogen) atoms. The molecule has 8 heteroatoms. The molecule has 2 saturated heterocycles. The van der Waals surface area contributed by atoms with Gasteiger partial charge in [-0.15, -0.1) is 0 Å². The fraction of sp³-hybridized carbons (Fsp3) is 0.500. The molecule has 1 aromatic rings. The van der Waals surface area contributed by atoms with E-state index in [1.54, 1.807) is 6.07 Å². The Labute approximate surface area is 151 Å². The van der Waals surface area contributed by atoms with Gasteiger partial charge in [-0.25, -0.2) is 8.42 Å². The van der Waals surface area contributed by atoms with E-state index in [0.717, 1.165) is 17.7 Å². The third-order valence-corrected chi connectivity index (χ3v) is 7.87. The summed E-state index contributed by atoms with van der Waals surface area (Å²) in [6.45, 7) is 3.82. The molecule has 2 aliphatic heterocycles. The van der Waals surface area contributed by atoms with Crippen LogP contribution in [0.4, 0.5) is 5.69 Å². The molecule has 0 aliphatic carbocycles. The van der Waals surface area contributed by atoms with Crippen LogP contribution in [0.3, 0.4) is 0 Å². The normalized spacial score (nSPS) is 26.8. The second-order valence-electron chi connectivity index (χ2n) is 6.09. The van der Waals surface area contributed by atoms with Crippen LogP contribution in [0.25, 0.3) is 0 Å². The first kappa shape index (κ1) is 17.8. The highest BCUT2D eigenvalue weighted by Crippen LogP contribution is 2.42. The molecule has 0 bridgehead atoms. The fourth-order valence-corrected chi connectivity index (χ4v) is 7.17. The summed E-state index contributed by atoms with van der Waals surface area (Å²) in [5.41, 5.74) is 1.68. The molecule has 2 aliphatic rings. The first-order valence-electron chi connectivity index (χ1n) is 7.85. The Hall–Kier alpha value is -1.05. The third-order valence-electron chi connectivity index (χ3n) is 4.25. The van der Waals surface area contributed by atoms with Crippen molar-refractivity contribution in [1.82, 2.24) is 0 Å². The maximum atomic E-state index is 12.0. The Morgan fingerprint density at radius 2 is 2.17 bits per heavy atom. The van der Waals surface area contributed by atoms with E-state index in [2.05, 4.69) is 4.99 Å². The lowest BCUT2D eigenvalue weighted by molar-refractivity contribution is -0.117. The van der Waals surface area contributed by atoms with Gasteiger partial charge >= 0.3 is 0 Å². The number of aliphatic imine (C=N–C) groups is 1. The monoisotopic (exact) mass is 386 g/mol. The summed E-state index contributed by atoms with van der Waals surface area (Å²) in [6.07, 6.45) is 1.12. The summed E-state index contributed by atoms with van der Waals surface area (Å²) in [6, 6.07) is 5.32. The maximum absolute atomic E-state index is 12.0. The van der Waals surface area contributed by atoms with Gasteiger partial charge < -0.3 is 4.90 Å². The van der Waals surface area contributed by atoms with Crippen LogP contribution in [0.2, 0.25) is 5.02 Å². The number of rotatable bonds is 3. The minimum absolute atomic E-state index is 0.0810. The Balaban J connectivity index is 2.05. The minimum atomic E-state index is -3.07. The van der Waals surface area contributed by atoms with Gasteiger partial charge in [0.2, 0.25) is 5.91 Å². The van der Waals surface area contributed by atoms with Crippen LogP contribution in [-0.4, -0.2) is 42.3 Å². The maximum Gasteiger partial charge on any atom is 0.248 e. The highest BCUT2D eigenvalue weighted by molar-refractivity contribution is 8.16. The fourth-order valence-electron chi connectivity index (χ4n) is 3.08. The van der Waals surface area contributed by atoms with Gasteiger partial charge in [-0.2, -0.15) is 4.99 Å². The van der Waals surface area contributed by atoms with E-state index < -0.39 is 9.84 Å². The van der Waals surface area contributed by atoms with Gasteiger partial charge in [0, 0.05) is 22.4 Å². The standard InChI is InChI=1S/C16H19ClN2O3S2/c1-3-5-15(20)18-16-19(12-7-4-6-11(17)10(12)2)13-8-24(21,22)9-14(13)23-16/h4,6-7,13-14H,3,5,8-9H2,1-2H3/t13-,14+/m1/s1. The lowest BCUT2D eigenvalue weighted by atomic mass is 10.1. The number of fused-ring (bicyclic) bond motifs is 1. The number of anilines is 1. The zero-order valence-corrected chi connectivity index (χ0v) is 15.9.